The van der Waals surface area contributed by atoms with E-state index in [0.717, 1.165) is 31.1 Å². The molecular weight excluding hydrogens is 240 g/mol. The van der Waals surface area contributed by atoms with Crippen molar-refractivity contribution in [3.63, 3.8) is 0 Å². The maximum absolute atomic E-state index is 5.83. The van der Waals surface area contributed by atoms with E-state index in [1.54, 1.807) is 14.2 Å². The number of nitrogens with zero attached hydrogens (tertiary/aromatic N) is 1. The lowest BCUT2D eigenvalue weighted by atomic mass is 9.95. The van der Waals surface area contributed by atoms with Crippen molar-refractivity contribution in [2.24, 2.45) is 10.4 Å². The van der Waals surface area contributed by atoms with Crippen LogP contribution in [-0.4, -0.2) is 33.1 Å². The number of nitrogens with one attached hydrogen (secondary N) is 1. The number of ether oxygens (including phenoxy) is 2. The molecule has 3 atom stereocenters. The van der Waals surface area contributed by atoms with Gasteiger partial charge in [0.15, 0.2) is 0 Å². The lowest BCUT2D eigenvalue weighted by Crippen LogP contribution is -2.32. The second-order valence-electron chi connectivity index (χ2n) is 5.53. The largest absolute Gasteiger partial charge is 0.496 e. The first-order chi connectivity index (χ1) is 9.32. The molecule has 1 N–H and O–H groups in total. The van der Waals surface area contributed by atoms with Gasteiger partial charge >= 0.3 is 0 Å². The van der Waals surface area contributed by atoms with Crippen LogP contribution in [0.1, 0.15) is 29.6 Å². The van der Waals surface area contributed by atoms with Crippen molar-refractivity contribution in [2.45, 2.75) is 18.4 Å². The molecular formula is C15H18N2O2. The Labute approximate surface area is 112 Å². The lowest BCUT2D eigenvalue weighted by Gasteiger charge is -2.23. The highest BCUT2D eigenvalue weighted by molar-refractivity contribution is 5.96. The summed E-state index contributed by atoms with van der Waals surface area (Å²) in [5.41, 5.74) is 2.64. The van der Waals surface area contributed by atoms with Crippen LogP contribution in [0.15, 0.2) is 23.2 Å². The Hall–Kier alpha value is -1.55. The first-order valence-electron chi connectivity index (χ1n) is 6.81. The summed E-state index contributed by atoms with van der Waals surface area (Å²) in [5, 5.41) is 3.45. The van der Waals surface area contributed by atoms with E-state index in [0.29, 0.717) is 5.92 Å². The molecule has 1 saturated carbocycles. The topological polar surface area (TPSA) is 42.8 Å². The predicted octanol–water partition coefficient (Wildman–Crippen LogP) is 1.87. The van der Waals surface area contributed by atoms with E-state index in [1.807, 2.05) is 12.1 Å². The quantitative estimate of drug-likeness (QED) is 0.900. The molecule has 1 fully saturated rings. The van der Waals surface area contributed by atoms with Crippen molar-refractivity contribution in [3.8, 4) is 5.75 Å². The van der Waals surface area contributed by atoms with E-state index >= 15 is 0 Å². The molecule has 0 bridgehead atoms. The normalized spacial score (nSPS) is 34.3. The highest BCUT2D eigenvalue weighted by atomic mass is 16.5. The fourth-order valence-electron chi connectivity index (χ4n) is 3.98. The van der Waals surface area contributed by atoms with Crippen LogP contribution >= 0.6 is 0 Å². The van der Waals surface area contributed by atoms with Crippen LogP contribution in [0.3, 0.4) is 0 Å². The van der Waals surface area contributed by atoms with Gasteiger partial charge in [0.05, 0.1) is 25.2 Å². The zero-order valence-corrected chi connectivity index (χ0v) is 11.3. The molecule has 4 nitrogen and oxygen atoms in total. The smallest absolute Gasteiger partial charge is 0.122 e. The van der Waals surface area contributed by atoms with Crippen molar-refractivity contribution in [1.82, 2.24) is 5.32 Å². The van der Waals surface area contributed by atoms with E-state index in [-0.39, 0.29) is 11.5 Å². The molecule has 0 saturated heterocycles. The minimum Gasteiger partial charge on any atom is -0.496 e. The minimum atomic E-state index is 0.0439. The molecule has 1 heterocycles. The van der Waals surface area contributed by atoms with Crippen LogP contribution in [0.2, 0.25) is 0 Å². The first-order valence-corrected chi connectivity index (χ1v) is 6.81. The summed E-state index contributed by atoms with van der Waals surface area (Å²) in [6.45, 7) is 1.83. The number of hydrogen-bond donors (Lipinski definition) is 1. The molecule has 4 rings (SSSR count). The van der Waals surface area contributed by atoms with Crippen LogP contribution < -0.4 is 10.1 Å². The Bertz CT molecular complexity index is 569. The van der Waals surface area contributed by atoms with Gasteiger partial charge in [-0.15, -0.1) is 0 Å². The number of hydrogen-bond acceptors (Lipinski definition) is 4. The fraction of sp³-hybridized carbons (Fsp3) is 0.533. The third kappa shape index (κ3) is 1.25. The van der Waals surface area contributed by atoms with Gasteiger partial charge < -0.3 is 14.8 Å². The Morgan fingerprint density at radius 1 is 1.37 bits per heavy atom. The summed E-state index contributed by atoms with van der Waals surface area (Å²) in [6.07, 6.45) is 1.22. The van der Waals surface area contributed by atoms with Crippen LogP contribution in [0.5, 0.6) is 5.75 Å². The average molecular weight is 258 g/mol. The van der Waals surface area contributed by atoms with Gasteiger partial charge in [-0.2, -0.15) is 0 Å². The SMILES string of the molecule is COc1cccc2c1C1CC1(C1=NCCN1)[C@H]2OC. The summed E-state index contributed by atoms with van der Waals surface area (Å²) in [7, 11) is 3.54. The molecule has 100 valence electrons. The van der Waals surface area contributed by atoms with Gasteiger partial charge in [0.2, 0.25) is 0 Å². The zero-order chi connectivity index (χ0) is 13.0. The number of amidine groups is 1. The third-order valence-electron chi connectivity index (χ3n) is 4.77. The molecule has 1 aliphatic heterocycles. The Kier molecular flexibility index (Phi) is 2.22. The van der Waals surface area contributed by atoms with E-state index in [9.17, 15) is 0 Å². The van der Waals surface area contributed by atoms with E-state index in [1.165, 1.54) is 11.1 Å². The molecule has 0 radical (unpaired) electrons. The molecule has 1 aromatic carbocycles. The maximum Gasteiger partial charge on any atom is 0.122 e. The van der Waals surface area contributed by atoms with Gasteiger partial charge in [0, 0.05) is 25.1 Å². The highest BCUT2D eigenvalue weighted by Crippen LogP contribution is 2.74. The van der Waals surface area contributed by atoms with Gasteiger partial charge in [-0.05, 0) is 18.1 Å². The number of benzene rings is 1. The first kappa shape index (κ1) is 11.3. The van der Waals surface area contributed by atoms with Crippen molar-refractivity contribution in [3.05, 3.63) is 29.3 Å². The predicted molar refractivity (Wildman–Crippen MR) is 72.8 cm³/mol. The standard InChI is InChI=1S/C15H18N2O2/c1-18-11-5-3-4-9-12(11)10-8-15(10,13(9)19-2)14-16-6-7-17-14/h3-5,10,13H,6-8H2,1-2H3,(H,16,17)/t10?,13-,15?/m0/s1. The zero-order valence-electron chi connectivity index (χ0n) is 11.3. The molecule has 4 heteroatoms. The molecule has 2 unspecified atom stereocenters. The Morgan fingerprint density at radius 3 is 2.95 bits per heavy atom. The number of fused-ring (bicyclic) bond motifs is 3. The summed E-state index contributed by atoms with van der Waals surface area (Å²) in [6, 6.07) is 6.26. The summed E-state index contributed by atoms with van der Waals surface area (Å²) >= 11 is 0. The van der Waals surface area contributed by atoms with Crippen molar-refractivity contribution in [2.75, 3.05) is 27.3 Å². The highest BCUT2D eigenvalue weighted by Gasteiger charge is 2.70. The molecule has 3 aliphatic rings. The molecule has 0 spiro atoms. The monoisotopic (exact) mass is 258 g/mol. The molecule has 1 aromatic rings. The summed E-state index contributed by atoms with van der Waals surface area (Å²) < 4.78 is 11.4. The van der Waals surface area contributed by atoms with Gasteiger partial charge in [0.1, 0.15) is 11.6 Å². The molecule has 0 amide bonds. The number of aliphatic imine (C=N–C) groups is 1. The number of methoxy groups -OCH3 is 2. The van der Waals surface area contributed by atoms with E-state index in [2.05, 4.69) is 16.4 Å². The van der Waals surface area contributed by atoms with Gasteiger partial charge in [-0.1, -0.05) is 12.1 Å². The second-order valence-corrected chi connectivity index (χ2v) is 5.53. The fourth-order valence-corrected chi connectivity index (χ4v) is 3.98. The van der Waals surface area contributed by atoms with Crippen LogP contribution in [0.4, 0.5) is 0 Å². The van der Waals surface area contributed by atoms with E-state index in [4.69, 9.17) is 9.47 Å². The maximum atomic E-state index is 5.83. The Balaban J connectivity index is 1.85. The number of rotatable bonds is 3. The second kappa shape index (κ2) is 3.73. The van der Waals surface area contributed by atoms with Gasteiger partial charge in [-0.3, -0.25) is 4.99 Å². The van der Waals surface area contributed by atoms with Crippen LogP contribution in [-0.2, 0) is 4.74 Å². The van der Waals surface area contributed by atoms with Crippen LogP contribution in [0.25, 0.3) is 0 Å². The van der Waals surface area contributed by atoms with Gasteiger partial charge in [0.25, 0.3) is 0 Å². The third-order valence-corrected chi connectivity index (χ3v) is 4.77. The minimum absolute atomic E-state index is 0.0439. The summed E-state index contributed by atoms with van der Waals surface area (Å²) in [4.78, 5) is 4.65. The Morgan fingerprint density at radius 2 is 2.26 bits per heavy atom. The lowest BCUT2D eigenvalue weighted by molar-refractivity contribution is 0.0697. The van der Waals surface area contributed by atoms with E-state index < -0.39 is 0 Å². The summed E-state index contributed by atoms with van der Waals surface area (Å²) in [5.74, 6) is 2.62. The van der Waals surface area contributed by atoms with Crippen LogP contribution in [0, 0.1) is 5.41 Å². The van der Waals surface area contributed by atoms with Crippen molar-refractivity contribution >= 4 is 5.84 Å². The average Bonchev–Trinajstić information content (AvgIpc) is 2.87. The van der Waals surface area contributed by atoms with Crippen molar-refractivity contribution in [1.29, 1.82) is 0 Å². The molecule has 2 aliphatic carbocycles. The molecule has 0 aromatic heterocycles. The molecule has 19 heavy (non-hydrogen) atoms. The van der Waals surface area contributed by atoms with Crippen molar-refractivity contribution < 1.29 is 9.47 Å². The van der Waals surface area contributed by atoms with Gasteiger partial charge in [-0.25, -0.2) is 0 Å².